The van der Waals surface area contributed by atoms with Crippen LogP contribution in [0.2, 0.25) is 0 Å². The predicted octanol–water partition coefficient (Wildman–Crippen LogP) is 11.1. The molecule has 0 spiro atoms. The van der Waals surface area contributed by atoms with Gasteiger partial charge in [0.25, 0.3) is 0 Å². The number of phenols is 1. The molecule has 8 bridgehead atoms. The van der Waals surface area contributed by atoms with Gasteiger partial charge >= 0.3 is 0 Å². The van der Waals surface area contributed by atoms with Crippen molar-refractivity contribution in [2.45, 2.75) is 0 Å². The zero-order valence-electron chi connectivity index (χ0n) is 36.3. The highest BCUT2D eigenvalue weighted by molar-refractivity contribution is 6.01. The topological polar surface area (TPSA) is 166 Å². The smallest absolute Gasteiger partial charge is 0.170 e. The molecule has 0 amide bonds. The molecule has 13 heteroatoms. The van der Waals surface area contributed by atoms with Crippen LogP contribution in [0.15, 0.2) is 230 Å². The number of phenolic OH excluding ortho intramolecular Hbond substituents is 1. The van der Waals surface area contributed by atoms with Crippen molar-refractivity contribution < 1.29 is 24.1 Å². The maximum atomic E-state index is 12.1. The number of benzene rings is 7. The first kappa shape index (κ1) is 39.6. The number of H-pyrrole nitrogens is 3. The molecule has 3 aromatic heterocycles. The summed E-state index contributed by atoms with van der Waals surface area (Å²) >= 11 is 0. The number of hydrogen-bond acceptors (Lipinski definition) is 10. The lowest BCUT2D eigenvalue weighted by atomic mass is 9.94. The Balaban J connectivity index is 1.08. The van der Waals surface area contributed by atoms with E-state index in [1.165, 1.54) is 0 Å². The zero-order chi connectivity index (χ0) is 45.8. The lowest BCUT2D eigenvalue weighted by Crippen LogP contribution is -2.18. The van der Waals surface area contributed by atoms with Crippen LogP contribution in [0.1, 0.15) is 0 Å². The summed E-state index contributed by atoms with van der Waals surface area (Å²) in [5.41, 5.74) is 2.57. The molecule has 1 atom stereocenters. The molecule has 1 unspecified atom stereocenters. The van der Waals surface area contributed by atoms with Crippen molar-refractivity contribution in [3.8, 4) is 46.0 Å². The molecule has 69 heavy (non-hydrogen) atoms. The number of nitrogens with zero attached hydrogens (tertiary/aromatic N) is 5. The van der Waals surface area contributed by atoms with E-state index in [1.807, 2.05) is 182 Å². The summed E-state index contributed by atoms with van der Waals surface area (Å²) in [6.07, 6.45) is 5.83. The van der Waals surface area contributed by atoms with E-state index in [1.54, 1.807) is 6.07 Å². The van der Waals surface area contributed by atoms with Gasteiger partial charge in [0.15, 0.2) is 17.3 Å². The van der Waals surface area contributed by atoms with Crippen LogP contribution in [0.3, 0.4) is 0 Å². The van der Waals surface area contributed by atoms with Gasteiger partial charge in [-0.25, -0.2) is 25.0 Å². The number of aliphatic imine (C=N–C) groups is 1. The minimum atomic E-state index is -0.458. The van der Waals surface area contributed by atoms with Gasteiger partial charge in [-0.2, -0.15) is 0 Å². The predicted molar refractivity (Wildman–Crippen MR) is 262 cm³/mol. The fourth-order valence-electron chi connectivity index (χ4n) is 8.77. The number of para-hydroxylation sites is 4. The first-order chi connectivity index (χ1) is 34.0. The molecule has 0 fully saturated rings. The van der Waals surface area contributed by atoms with Crippen LogP contribution in [0.4, 0.5) is 11.6 Å². The van der Waals surface area contributed by atoms with Crippen LogP contribution >= 0.6 is 0 Å². The van der Waals surface area contributed by atoms with Gasteiger partial charge in [-0.1, -0.05) is 78.9 Å². The van der Waals surface area contributed by atoms with Gasteiger partial charge in [0.2, 0.25) is 0 Å². The Hall–Kier alpha value is -9.75. The second-order valence-electron chi connectivity index (χ2n) is 16.5. The first-order valence-corrected chi connectivity index (χ1v) is 22.2. The van der Waals surface area contributed by atoms with Crippen LogP contribution < -0.4 is 40.9 Å². The Morgan fingerprint density at radius 3 is 1.61 bits per heavy atom. The quantitative estimate of drug-likeness (QED) is 0.119. The summed E-state index contributed by atoms with van der Waals surface area (Å²) < 4.78 is 25.2. The number of fused-ring (bicyclic) bond motifs is 18. The van der Waals surface area contributed by atoms with Gasteiger partial charge in [0.1, 0.15) is 79.7 Å². The third-order valence-corrected chi connectivity index (χ3v) is 12.0. The number of rotatable bonds is 8. The Morgan fingerprint density at radius 1 is 0.406 bits per heavy atom. The number of hydrogen-bond donors (Lipinski definition) is 4. The standard InChI is InChI=1S/C56H36N8O5/c65-48-46(69-35-19-11-4-12-20-35)28-27-42-47(48)56-63-51-41-26-23-38(68-34-17-9-3-10-18-34)31-45(41)54(61-51)59-49-39-24-21-36(66-32-13-5-1-6-14-32)29-43(39)53(57-49)58-50-40-25-22-37(67-33-15-7-2-8-16-33)30-44(40)55(60-50)62-52(42)64-56/h1-31,45,60,65H,(H,62,63,64)(H,57,58,59,61). The highest BCUT2D eigenvalue weighted by Crippen LogP contribution is 2.40. The molecule has 1 aliphatic carbocycles. The number of aromatic hydroxyl groups is 1. The van der Waals surface area contributed by atoms with E-state index in [2.05, 4.69) is 15.0 Å². The molecule has 7 aromatic carbocycles. The van der Waals surface area contributed by atoms with E-state index >= 15 is 0 Å². The Morgan fingerprint density at radius 2 is 0.942 bits per heavy atom. The third-order valence-electron chi connectivity index (χ3n) is 12.0. The fourth-order valence-corrected chi connectivity index (χ4v) is 8.77. The summed E-state index contributed by atoms with van der Waals surface area (Å²) in [6.45, 7) is 0. The van der Waals surface area contributed by atoms with Gasteiger partial charge in [0, 0.05) is 32.5 Å². The average molecular weight is 901 g/mol. The van der Waals surface area contributed by atoms with E-state index in [9.17, 15) is 5.11 Å². The van der Waals surface area contributed by atoms with Crippen molar-refractivity contribution >= 4 is 49.8 Å². The Labute approximate surface area is 391 Å². The van der Waals surface area contributed by atoms with Crippen LogP contribution in [-0.2, 0) is 0 Å². The monoisotopic (exact) mass is 900 g/mol. The maximum absolute atomic E-state index is 12.1. The van der Waals surface area contributed by atoms with E-state index in [0.29, 0.717) is 96.3 Å². The van der Waals surface area contributed by atoms with Crippen molar-refractivity contribution in [3.63, 3.8) is 0 Å². The molecule has 3 aliphatic rings. The molecular weight excluding hydrogens is 865 g/mol. The lowest BCUT2D eigenvalue weighted by molar-refractivity contribution is 0.415. The molecule has 0 saturated carbocycles. The molecular formula is C56H36N8O5. The number of amidine groups is 1. The molecule has 2 aliphatic heterocycles. The highest BCUT2D eigenvalue weighted by atomic mass is 16.5. The van der Waals surface area contributed by atoms with E-state index in [4.69, 9.17) is 43.9 Å². The van der Waals surface area contributed by atoms with E-state index < -0.39 is 5.92 Å². The minimum absolute atomic E-state index is 0.122. The minimum Gasteiger partial charge on any atom is -0.504 e. The third kappa shape index (κ3) is 7.36. The number of ether oxygens (including phenoxy) is 4. The average Bonchev–Trinajstić information content (AvgIpc) is 4.11. The van der Waals surface area contributed by atoms with E-state index in [0.717, 1.165) is 27.1 Å². The zero-order valence-corrected chi connectivity index (χ0v) is 36.3. The maximum Gasteiger partial charge on any atom is 0.170 e. The lowest BCUT2D eigenvalue weighted by Gasteiger charge is -2.16. The molecule has 0 radical (unpaired) electrons. The van der Waals surface area contributed by atoms with Crippen LogP contribution in [0.5, 0.6) is 46.0 Å². The fraction of sp³-hybridized carbons (Fsp3) is 0.0179. The number of nitrogens with one attached hydrogen (secondary N) is 3. The van der Waals surface area contributed by atoms with Gasteiger partial charge in [-0.3, -0.25) is 0 Å². The summed E-state index contributed by atoms with van der Waals surface area (Å²) in [7, 11) is 0. The van der Waals surface area contributed by atoms with Gasteiger partial charge in [-0.15, -0.1) is 0 Å². The summed E-state index contributed by atoms with van der Waals surface area (Å²) in [6, 6.07) is 53.3. The van der Waals surface area contributed by atoms with Crippen molar-refractivity contribution in [3.05, 3.63) is 227 Å². The Kier molecular flexibility index (Phi) is 9.35. The highest BCUT2D eigenvalue weighted by Gasteiger charge is 2.31. The van der Waals surface area contributed by atoms with Crippen molar-refractivity contribution in [2.24, 2.45) is 30.9 Å². The summed E-state index contributed by atoms with van der Waals surface area (Å²) in [5.74, 6) is 6.01. The second kappa shape index (κ2) is 16.3. The molecule has 4 N–H and O–H groups in total. The number of aromatic amines is 3. The normalized spacial score (nSPS) is 15.3. The number of allylic oxidation sites excluding steroid dienone is 2. The molecule has 13 nitrogen and oxygen atoms in total. The summed E-state index contributed by atoms with van der Waals surface area (Å²) in [4.78, 5) is 36.6. The Bertz CT molecular complexity index is 4080. The van der Waals surface area contributed by atoms with Crippen molar-refractivity contribution in [1.29, 1.82) is 0 Å². The van der Waals surface area contributed by atoms with Gasteiger partial charge < -0.3 is 39.0 Å². The molecule has 5 heterocycles. The molecule has 10 aromatic rings. The molecule has 0 saturated heterocycles. The van der Waals surface area contributed by atoms with Gasteiger partial charge in [0.05, 0.1) is 11.3 Å². The largest absolute Gasteiger partial charge is 0.504 e. The van der Waals surface area contributed by atoms with Crippen molar-refractivity contribution in [2.75, 3.05) is 0 Å². The first-order valence-electron chi connectivity index (χ1n) is 22.2. The van der Waals surface area contributed by atoms with Crippen LogP contribution in [0.25, 0.3) is 32.3 Å². The second-order valence-corrected chi connectivity index (χ2v) is 16.5. The molecule has 13 rings (SSSR count). The summed E-state index contributed by atoms with van der Waals surface area (Å²) in [5, 5.41) is 16.2. The SMILES string of the molecule is Oc1c(Oc2ccccc2)ccc2c3[nH]c(c12)=NC1=C2C=CC(Oc4ccccc4)=CC2C(=N1)N=c1[nH]/c(c2cc(Oc4ccccc4)ccc12)=N\c1[nH]c(c2cc(Oc4ccccc4)ccc12)N=3. The molecule has 330 valence electrons. The van der Waals surface area contributed by atoms with Crippen molar-refractivity contribution in [1.82, 2.24) is 15.0 Å². The van der Waals surface area contributed by atoms with E-state index in [-0.39, 0.29) is 11.5 Å². The van der Waals surface area contributed by atoms with Crippen LogP contribution in [0, 0.1) is 5.92 Å². The van der Waals surface area contributed by atoms with Crippen LogP contribution in [-0.4, -0.2) is 25.9 Å². The van der Waals surface area contributed by atoms with Gasteiger partial charge in [-0.05, 0) is 109 Å². The number of aromatic nitrogens is 3.